The quantitative estimate of drug-likeness (QED) is 0.740. The molecule has 0 saturated carbocycles. The van der Waals surface area contributed by atoms with Crippen LogP contribution in [0.1, 0.15) is 5.56 Å². The topological polar surface area (TPSA) is 46.3 Å². The van der Waals surface area contributed by atoms with E-state index in [1.165, 1.54) is 12.1 Å². The number of aliphatic hydroxyl groups is 1. The summed E-state index contributed by atoms with van der Waals surface area (Å²) >= 11 is 0. The first-order chi connectivity index (χ1) is 11.0. The van der Waals surface area contributed by atoms with Crippen molar-refractivity contribution in [2.45, 2.75) is 6.61 Å². The van der Waals surface area contributed by atoms with Gasteiger partial charge in [0.15, 0.2) is 17.4 Å². The van der Waals surface area contributed by atoms with Crippen LogP contribution in [0.5, 0.6) is 0 Å². The number of rotatable bonds is 3. The lowest BCUT2D eigenvalue weighted by Crippen LogP contribution is -1.95. The van der Waals surface area contributed by atoms with Crippen molar-refractivity contribution in [1.82, 2.24) is 5.16 Å². The van der Waals surface area contributed by atoms with Gasteiger partial charge in [-0.2, -0.15) is 0 Å². The SMILES string of the molecule is OCc1c(-c2c(F)cccc2F)noc1-c1ccc(F)c(F)c1. The number of halogens is 4. The number of hydrogen-bond donors (Lipinski definition) is 1. The highest BCUT2D eigenvalue weighted by Gasteiger charge is 2.23. The van der Waals surface area contributed by atoms with E-state index < -0.39 is 35.4 Å². The maximum absolute atomic E-state index is 13.9. The Morgan fingerprint density at radius 1 is 0.913 bits per heavy atom. The lowest BCUT2D eigenvalue weighted by Gasteiger charge is -2.04. The number of hydrogen-bond acceptors (Lipinski definition) is 3. The van der Waals surface area contributed by atoms with Crippen molar-refractivity contribution >= 4 is 0 Å². The van der Waals surface area contributed by atoms with Crippen molar-refractivity contribution in [1.29, 1.82) is 0 Å². The average molecular weight is 323 g/mol. The van der Waals surface area contributed by atoms with Crippen LogP contribution < -0.4 is 0 Å². The highest BCUT2D eigenvalue weighted by molar-refractivity contribution is 5.73. The highest BCUT2D eigenvalue weighted by atomic mass is 19.2. The van der Waals surface area contributed by atoms with Gasteiger partial charge in [-0.25, -0.2) is 17.6 Å². The van der Waals surface area contributed by atoms with Crippen LogP contribution in [0.4, 0.5) is 17.6 Å². The van der Waals surface area contributed by atoms with Crippen molar-refractivity contribution < 1.29 is 27.2 Å². The summed E-state index contributed by atoms with van der Waals surface area (Å²) in [6.07, 6.45) is 0. The third-order valence-corrected chi connectivity index (χ3v) is 3.33. The maximum atomic E-state index is 13.9. The van der Waals surface area contributed by atoms with Gasteiger partial charge in [-0.05, 0) is 30.3 Å². The second-order valence-corrected chi connectivity index (χ2v) is 4.72. The summed E-state index contributed by atoms with van der Waals surface area (Å²) in [7, 11) is 0. The Balaban J connectivity index is 2.19. The lowest BCUT2D eigenvalue weighted by atomic mass is 10.0. The fraction of sp³-hybridized carbons (Fsp3) is 0.0625. The predicted octanol–water partition coefficient (Wildman–Crippen LogP) is 4.06. The molecule has 2 aromatic carbocycles. The average Bonchev–Trinajstić information content (AvgIpc) is 2.93. The highest BCUT2D eigenvalue weighted by Crippen LogP contribution is 2.35. The molecular weight excluding hydrogens is 314 g/mol. The Kier molecular flexibility index (Phi) is 3.87. The van der Waals surface area contributed by atoms with E-state index >= 15 is 0 Å². The van der Waals surface area contributed by atoms with Gasteiger partial charge in [0.25, 0.3) is 0 Å². The smallest absolute Gasteiger partial charge is 0.173 e. The molecule has 3 aromatic rings. The van der Waals surface area contributed by atoms with E-state index in [2.05, 4.69) is 5.16 Å². The van der Waals surface area contributed by atoms with Crippen LogP contribution in [0.25, 0.3) is 22.6 Å². The van der Waals surface area contributed by atoms with Crippen molar-refractivity contribution in [2.75, 3.05) is 0 Å². The molecule has 0 fully saturated rings. The zero-order valence-electron chi connectivity index (χ0n) is 11.5. The molecule has 0 amide bonds. The molecule has 1 N–H and O–H groups in total. The molecule has 0 atom stereocenters. The summed E-state index contributed by atoms with van der Waals surface area (Å²) in [5, 5.41) is 13.1. The molecule has 1 heterocycles. The van der Waals surface area contributed by atoms with Gasteiger partial charge in [0.05, 0.1) is 17.7 Å². The molecule has 0 spiro atoms. The Bertz CT molecular complexity index is 856. The summed E-state index contributed by atoms with van der Waals surface area (Å²) in [6, 6.07) is 6.17. The molecule has 1 aromatic heterocycles. The number of aliphatic hydroxyl groups excluding tert-OH is 1. The van der Waals surface area contributed by atoms with Crippen LogP contribution in [0.2, 0.25) is 0 Å². The largest absolute Gasteiger partial charge is 0.391 e. The van der Waals surface area contributed by atoms with Crippen LogP contribution in [0.3, 0.4) is 0 Å². The molecule has 7 heteroatoms. The van der Waals surface area contributed by atoms with Crippen LogP contribution >= 0.6 is 0 Å². The second-order valence-electron chi connectivity index (χ2n) is 4.72. The molecule has 0 aliphatic carbocycles. The minimum atomic E-state index is -1.12. The summed E-state index contributed by atoms with van der Waals surface area (Å²) in [5.41, 5.74) is -0.638. The predicted molar refractivity (Wildman–Crippen MR) is 73.1 cm³/mol. The molecule has 118 valence electrons. The minimum absolute atomic E-state index is 0.0278. The van der Waals surface area contributed by atoms with Gasteiger partial charge < -0.3 is 9.63 Å². The first kappa shape index (κ1) is 15.2. The Morgan fingerprint density at radius 3 is 2.22 bits per heavy atom. The lowest BCUT2D eigenvalue weighted by molar-refractivity contribution is 0.281. The zero-order chi connectivity index (χ0) is 16.6. The molecular formula is C16H9F4NO2. The zero-order valence-corrected chi connectivity index (χ0v) is 11.5. The van der Waals surface area contributed by atoms with Gasteiger partial charge >= 0.3 is 0 Å². The summed E-state index contributed by atoms with van der Waals surface area (Å²) < 4.78 is 59.1. The molecule has 0 unspecified atom stereocenters. The Labute approximate surface area is 127 Å². The van der Waals surface area contributed by atoms with Gasteiger partial charge in [0.2, 0.25) is 0 Å². The van der Waals surface area contributed by atoms with Gasteiger partial charge in [0, 0.05) is 5.56 Å². The molecule has 0 radical (unpaired) electrons. The van der Waals surface area contributed by atoms with E-state index in [0.29, 0.717) is 0 Å². The van der Waals surface area contributed by atoms with E-state index in [1.807, 2.05) is 0 Å². The van der Waals surface area contributed by atoms with E-state index in [0.717, 1.165) is 24.3 Å². The number of aromatic nitrogens is 1. The molecule has 23 heavy (non-hydrogen) atoms. The Morgan fingerprint density at radius 2 is 1.61 bits per heavy atom. The van der Waals surface area contributed by atoms with Gasteiger partial charge in [-0.3, -0.25) is 0 Å². The monoisotopic (exact) mass is 323 g/mol. The molecule has 0 bridgehead atoms. The third kappa shape index (κ3) is 2.59. The molecule has 3 rings (SSSR count). The maximum Gasteiger partial charge on any atom is 0.173 e. The summed E-state index contributed by atoms with van der Waals surface area (Å²) in [6.45, 7) is -0.652. The molecule has 3 nitrogen and oxygen atoms in total. The first-order valence-corrected chi connectivity index (χ1v) is 6.52. The van der Waals surface area contributed by atoms with Crippen LogP contribution in [0, 0.1) is 23.3 Å². The fourth-order valence-corrected chi connectivity index (χ4v) is 2.24. The number of nitrogens with zero attached hydrogens (tertiary/aromatic N) is 1. The standard InChI is InChI=1S/C16H9F4NO2/c17-10-5-4-8(6-13(10)20)16-9(7-22)15(21-23-16)14-11(18)2-1-3-12(14)19/h1-6,22H,7H2. The fourth-order valence-electron chi connectivity index (χ4n) is 2.24. The molecule has 0 aliphatic heterocycles. The van der Waals surface area contributed by atoms with E-state index in [-0.39, 0.29) is 22.6 Å². The van der Waals surface area contributed by atoms with Crippen LogP contribution in [-0.4, -0.2) is 10.3 Å². The van der Waals surface area contributed by atoms with E-state index in [4.69, 9.17) is 4.52 Å². The van der Waals surface area contributed by atoms with Crippen molar-refractivity contribution in [2.24, 2.45) is 0 Å². The summed E-state index contributed by atoms with van der Waals surface area (Å²) in [4.78, 5) is 0. The first-order valence-electron chi connectivity index (χ1n) is 6.52. The third-order valence-electron chi connectivity index (χ3n) is 3.33. The van der Waals surface area contributed by atoms with Crippen LogP contribution in [0.15, 0.2) is 40.9 Å². The summed E-state index contributed by atoms with van der Waals surface area (Å²) in [5.74, 6) is -4.04. The van der Waals surface area contributed by atoms with E-state index in [9.17, 15) is 22.7 Å². The van der Waals surface area contributed by atoms with Crippen molar-refractivity contribution in [3.05, 3.63) is 65.2 Å². The van der Waals surface area contributed by atoms with E-state index in [1.54, 1.807) is 0 Å². The van der Waals surface area contributed by atoms with Gasteiger partial charge in [-0.15, -0.1) is 0 Å². The second kappa shape index (κ2) is 5.85. The van der Waals surface area contributed by atoms with Gasteiger partial charge in [0.1, 0.15) is 17.3 Å². The normalized spacial score (nSPS) is 11.0. The van der Waals surface area contributed by atoms with Crippen LogP contribution in [-0.2, 0) is 6.61 Å². The minimum Gasteiger partial charge on any atom is -0.391 e. The Hall–Kier alpha value is -2.67. The van der Waals surface area contributed by atoms with Crippen molar-refractivity contribution in [3.63, 3.8) is 0 Å². The van der Waals surface area contributed by atoms with Crippen molar-refractivity contribution in [3.8, 4) is 22.6 Å². The number of benzene rings is 2. The van der Waals surface area contributed by atoms with Gasteiger partial charge in [-0.1, -0.05) is 11.2 Å². The molecule has 0 saturated heterocycles. The molecule has 0 aliphatic rings.